The van der Waals surface area contributed by atoms with E-state index in [0.29, 0.717) is 0 Å². The van der Waals surface area contributed by atoms with Gasteiger partial charge in [-0.1, -0.05) is 43.3 Å². The molecule has 0 radical (unpaired) electrons. The number of fused-ring (bicyclic) bond motifs is 7. The first-order chi connectivity index (χ1) is 13.2. The highest BCUT2D eigenvalue weighted by molar-refractivity contribution is 5.87. The second kappa shape index (κ2) is 4.19. The number of aromatic nitrogens is 3. The molecule has 0 fully saturated rings. The minimum atomic E-state index is -0.0541. The zero-order valence-electron chi connectivity index (χ0n) is 14.9. The lowest BCUT2D eigenvalue weighted by atomic mass is 9.48. The summed E-state index contributed by atoms with van der Waals surface area (Å²) < 4.78 is 0. The van der Waals surface area contributed by atoms with E-state index in [-0.39, 0.29) is 17.0 Å². The maximum Gasteiger partial charge on any atom is 0.179 e. The number of rotatable bonds is 0. The van der Waals surface area contributed by atoms with Gasteiger partial charge < -0.3 is 4.90 Å². The lowest BCUT2D eigenvalue weighted by molar-refractivity contribution is 0.146. The Balaban J connectivity index is 1.65. The number of allylic oxidation sites excluding steroid dienone is 1. The van der Waals surface area contributed by atoms with Crippen molar-refractivity contribution in [1.82, 2.24) is 15.0 Å². The van der Waals surface area contributed by atoms with Crippen molar-refractivity contribution >= 4 is 23.1 Å². The molecule has 2 bridgehead atoms. The highest BCUT2D eigenvalue weighted by atomic mass is 15.5. The molecule has 5 aliphatic rings. The van der Waals surface area contributed by atoms with Crippen LogP contribution in [0.15, 0.2) is 67.1 Å². The molecule has 8 rings (SSSR count). The van der Waals surface area contributed by atoms with Gasteiger partial charge in [0.05, 0.1) is 0 Å². The number of pyridine rings is 1. The van der Waals surface area contributed by atoms with Gasteiger partial charge in [-0.25, -0.2) is 15.0 Å². The number of anilines is 4. The van der Waals surface area contributed by atoms with E-state index in [9.17, 15) is 0 Å². The van der Waals surface area contributed by atoms with Crippen LogP contribution in [0.2, 0.25) is 0 Å². The van der Waals surface area contributed by atoms with Crippen LogP contribution in [-0.4, -0.2) is 21.1 Å². The fourth-order valence-electron chi connectivity index (χ4n) is 5.65. The second-order valence-electron chi connectivity index (χ2n) is 8.11. The summed E-state index contributed by atoms with van der Waals surface area (Å²) in [7, 11) is 0. The molecule has 3 atom stereocenters. The molecule has 5 nitrogen and oxygen atoms in total. The molecule has 0 saturated carbocycles. The molecule has 6 heterocycles. The Morgan fingerprint density at radius 3 is 2.48 bits per heavy atom. The van der Waals surface area contributed by atoms with Gasteiger partial charge in [-0.05, 0) is 29.7 Å². The average Bonchev–Trinajstić information content (AvgIpc) is 3.03. The van der Waals surface area contributed by atoms with Crippen molar-refractivity contribution in [2.24, 2.45) is 5.41 Å². The highest BCUT2D eigenvalue weighted by Crippen LogP contribution is 2.67. The molecule has 0 saturated heterocycles. The molecule has 1 aromatic carbocycles. The van der Waals surface area contributed by atoms with Gasteiger partial charge >= 0.3 is 0 Å². The third-order valence-electron chi connectivity index (χ3n) is 7.02. The number of para-hydroxylation sites is 1. The Morgan fingerprint density at radius 1 is 0.926 bits per heavy atom. The zero-order chi connectivity index (χ0) is 17.8. The lowest BCUT2D eigenvalue weighted by Crippen LogP contribution is -2.67. The van der Waals surface area contributed by atoms with Crippen molar-refractivity contribution < 1.29 is 0 Å². The maximum atomic E-state index is 4.75. The highest BCUT2D eigenvalue weighted by Gasteiger charge is 2.66. The molecule has 0 amide bonds. The minimum absolute atomic E-state index is 0.0300. The monoisotopic (exact) mass is 351 g/mol. The van der Waals surface area contributed by atoms with Crippen LogP contribution in [0.25, 0.3) is 0 Å². The topological polar surface area (TPSA) is 45.2 Å². The predicted octanol–water partition coefficient (Wildman–Crippen LogP) is 3.87. The van der Waals surface area contributed by atoms with Crippen LogP contribution in [0.5, 0.6) is 0 Å². The Bertz CT molecular complexity index is 1150. The minimum Gasteiger partial charge on any atom is -0.301 e. The summed E-state index contributed by atoms with van der Waals surface area (Å²) in [6.45, 7) is 2.38. The van der Waals surface area contributed by atoms with Crippen LogP contribution in [0.4, 0.5) is 23.1 Å². The molecule has 3 unspecified atom stereocenters. The largest absolute Gasteiger partial charge is 0.301 e. The van der Waals surface area contributed by atoms with Crippen molar-refractivity contribution in [3.05, 3.63) is 78.3 Å². The molecule has 1 aliphatic carbocycles. The molecular formula is C22H17N5. The predicted molar refractivity (Wildman–Crippen MR) is 103 cm³/mol. The summed E-state index contributed by atoms with van der Waals surface area (Å²) in [5.41, 5.74) is 3.79. The molecule has 27 heavy (non-hydrogen) atoms. The average molecular weight is 351 g/mol. The summed E-state index contributed by atoms with van der Waals surface area (Å²) in [5.74, 6) is 2.75. The van der Waals surface area contributed by atoms with E-state index in [4.69, 9.17) is 15.0 Å². The van der Waals surface area contributed by atoms with Gasteiger partial charge in [0.2, 0.25) is 0 Å². The molecule has 0 N–H and O–H groups in total. The molecule has 3 aromatic rings. The van der Waals surface area contributed by atoms with Gasteiger partial charge in [0.15, 0.2) is 11.6 Å². The Labute approximate surface area is 157 Å². The van der Waals surface area contributed by atoms with Crippen LogP contribution in [0.3, 0.4) is 0 Å². The normalized spacial score (nSPS) is 30.6. The second-order valence-corrected chi connectivity index (χ2v) is 8.11. The van der Waals surface area contributed by atoms with Gasteiger partial charge in [-0.2, -0.15) is 0 Å². The fourth-order valence-corrected chi connectivity index (χ4v) is 5.65. The quantitative estimate of drug-likeness (QED) is 0.575. The maximum absolute atomic E-state index is 4.75. The SMILES string of the molecule is CC12C=CC13Cc1ccc(nc1)N1c4nccnc4N(c4ccccc42)C13. The van der Waals surface area contributed by atoms with Crippen molar-refractivity contribution in [1.29, 1.82) is 0 Å². The standard InChI is InChI=1S/C22H17N5/c1-21-8-9-22(21)12-14-6-7-17(25-13-14)27-19-18(23-10-11-24-19)26(20(22)27)16-5-3-2-4-15(16)21/h2-11,13,20H,12H2,1H3. The number of benzene rings is 1. The van der Waals surface area contributed by atoms with Crippen molar-refractivity contribution in [2.45, 2.75) is 24.9 Å². The molecule has 130 valence electrons. The third-order valence-corrected chi connectivity index (χ3v) is 7.02. The van der Waals surface area contributed by atoms with E-state index in [1.165, 1.54) is 16.8 Å². The first-order valence-corrected chi connectivity index (χ1v) is 9.37. The fraction of sp³-hybridized carbons (Fsp3) is 0.227. The van der Waals surface area contributed by atoms with E-state index in [2.05, 4.69) is 65.3 Å². The first kappa shape index (κ1) is 13.9. The number of hydrogen-bond acceptors (Lipinski definition) is 5. The molecule has 4 aliphatic heterocycles. The number of hydrogen-bond donors (Lipinski definition) is 0. The summed E-state index contributed by atoms with van der Waals surface area (Å²) in [6.07, 6.45) is 11.4. The lowest BCUT2D eigenvalue weighted by Gasteiger charge is -2.63. The van der Waals surface area contributed by atoms with Crippen LogP contribution >= 0.6 is 0 Å². The smallest absolute Gasteiger partial charge is 0.179 e. The van der Waals surface area contributed by atoms with Gasteiger partial charge in [-0.15, -0.1) is 0 Å². The first-order valence-electron chi connectivity index (χ1n) is 9.37. The molecule has 5 heteroatoms. The van der Waals surface area contributed by atoms with Gasteiger partial charge in [0.1, 0.15) is 12.0 Å². The summed E-state index contributed by atoms with van der Waals surface area (Å²) in [4.78, 5) is 18.9. The Hall–Kier alpha value is -3.21. The zero-order valence-corrected chi connectivity index (χ0v) is 14.9. The van der Waals surface area contributed by atoms with Crippen LogP contribution in [-0.2, 0) is 11.8 Å². The van der Waals surface area contributed by atoms with E-state index >= 15 is 0 Å². The van der Waals surface area contributed by atoms with Crippen LogP contribution in [0.1, 0.15) is 18.1 Å². The molecular weight excluding hydrogens is 334 g/mol. The Kier molecular flexibility index (Phi) is 2.16. The van der Waals surface area contributed by atoms with E-state index in [1.54, 1.807) is 12.4 Å². The van der Waals surface area contributed by atoms with Crippen molar-refractivity contribution in [3.63, 3.8) is 0 Å². The van der Waals surface area contributed by atoms with E-state index in [1.807, 2.05) is 6.20 Å². The summed E-state index contributed by atoms with van der Waals surface area (Å²) in [5, 5.41) is 0. The summed E-state index contributed by atoms with van der Waals surface area (Å²) >= 11 is 0. The van der Waals surface area contributed by atoms with Gasteiger partial charge in [-0.3, -0.25) is 4.90 Å². The molecule has 1 spiro atoms. The van der Waals surface area contributed by atoms with E-state index < -0.39 is 0 Å². The molecule has 2 aromatic heterocycles. The third kappa shape index (κ3) is 1.34. The number of nitrogens with zero attached hydrogens (tertiary/aromatic N) is 5. The van der Waals surface area contributed by atoms with Crippen LogP contribution < -0.4 is 9.80 Å². The summed E-state index contributed by atoms with van der Waals surface area (Å²) in [6, 6.07) is 13.1. The Morgan fingerprint density at radius 2 is 1.74 bits per heavy atom. The van der Waals surface area contributed by atoms with Gasteiger partial charge in [0.25, 0.3) is 0 Å². The van der Waals surface area contributed by atoms with Crippen molar-refractivity contribution in [3.8, 4) is 0 Å². The van der Waals surface area contributed by atoms with Crippen LogP contribution in [0, 0.1) is 5.41 Å². The van der Waals surface area contributed by atoms with Gasteiger partial charge in [0, 0.05) is 35.1 Å². The van der Waals surface area contributed by atoms with E-state index in [0.717, 1.165) is 23.9 Å². The van der Waals surface area contributed by atoms with Crippen molar-refractivity contribution in [2.75, 3.05) is 9.80 Å².